The summed E-state index contributed by atoms with van der Waals surface area (Å²) in [5, 5.41) is 8.42. The quantitative estimate of drug-likeness (QED) is 0.694. The highest BCUT2D eigenvalue weighted by Gasteiger charge is 2.12. The molecule has 0 unspecified atom stereocenters. The highest BCUT2D eigenvalue weighted by Crippen LogP contribution is 2.06. The van der Waals surface area contributed by atoms with E-state index in [1.54, 1.807) is 23.0 Å². The van der Waals surface area contributed by atoms with Crippen molar-refractivity contribution >= 4 is 5.65 Å². The average molecular weight is 258 g/mol. The van der Waals surface area contributed by atoms with E-state index in [4.69, 9.17) is 0 Å². The van der Waals surface area contributed by atoms with Crippen molar-refractivity contribution < 1.29 is 0 Å². The molecule has 7 heteroatoms. The average Bonchev–Trinajstić information content (AvgIpc) is 2.97. The first-order valence-corrected chi connectivity index (χ1v) is 6.09. The van der Waals surface area contributed by atoms with Gasteiger partial charge in [0, 0.05) is 12.2 Å². The maximum absolute atomic E-state index is 12.1. The number of aromatic nitrogens is 6. The van der Waals surface area contributed by atoms with E-state index in [1.807, 2.05) is 19.9 Å². The summed E-state index contributed by atoms with van der Waals surface area (Å²) in [5.41, 5.74) is 0.456. The van der Waals surface area contributed by atoms with Gasteiger partial charge in [0.1, 0.15) is 18.7 Å². The van der Waals surface area contributed by atoms with Crippen LogP contribution in [0.2, 0.25) is 0 Å². The van der Waals surface area contributed by atoms with E-state index in [1.165, 1.54) is 15.4 Å². The first-order valence-electron chi connectivity index (χ1n) is 6.09. The van der Waals surface area contributed by atoms with Gasteiger partial charge in [-0.3, -0.25) is 4.40 Å². The Morgan fingerprint density at radius 3 is 2.89 bits per heavy atom. The van der Waals surface area contributed by atoms with Crippen LogP contribution in [0.1, 0.15) is 25.7 Å². The van der Waals surface area contributed by atoms with Crippen LogP contribution in [0.25, 0.3) is 5.65 Å². The predicted molar refractivity (Wildman–Crippen MR) is 69.0 cm³/mol. The fourth-order valence-electron chi connectivity index (χ4n) is 2.02. The van der Waals surface area contributed by atoms with E-state index in [-0.39, 0.29) is 11.7 Å². The normalized spacial score (nSPS) is 11.5. The van der Waals surface area contributed by atoms with Crippen LogP contribution in [-0.2, 0) is 6.54 Å². The summed E-state index contributed by atoms with van der Waals surface area (Å²) < 4.78 is 4.70. The molecular formula is C12H14N6O. The SMILES string of the molecule is CC(C)n1ncnc1Cn1nc2ccccn2c1=O. The lowest BCUT2D eigenvalue weighted by Crippen LogP contribution is -2.23. The molecule has 19 heavy (non-hydrogen) atoms. The van der Waals surface area contributed by atoms with Crippen molar-refractivity contribution in [1.29, 1.82) is 0 Å². The number of hydrogen-bond donors (Lipinski definition) is 0. The van der Waals surface area contributed by atoms with E-state index in [0.29, 0.717) is 12.2 Å². The molecule has 3 aromatic rings. The van der Waals surface area contributed by atoms with E-state index in [2.05, 4.69) is 15.2 Å². The standard InChI is InChI=1S/C12H14N6O/c1-9(2)18-11(13-8-14-18)7-17-12(19)16-6-4-3-5-10(16)15-17/h3-6,8-9H,7H2,1-2H3. The van der Waals surface area contributed by atoms with E-state index >= 15 is 0 Å². The summed E-state index contributed by atoms with van der Waals surface area (Å²) in [7, 11) is 0. The summed E-state index contributed by atoms with van der Waals surface area (Å²) in [4.78, 5) is 16.3. The zero-order chi connectivity index (χ0) is 13.4. The summed E-state index contributed by atoms with van der Waals surface area (Å²) in [5.74, 6) is 0.723. The van der Waals surface area contributed by atoms with Gasteiger partial charge < -0.3 is 0 Å². The largest absolute Gasteiger partial charge is 0.350 e. The molecule has 3 aromatic heterocycles. The van der Waals surface area contributed by atoms with E-state index < -0.39 is 0 Å². The smallest absolute Gasteiger partial charge is 0.250 e. The Kier molecular flexibility index (Phi) is 2.66. The van der Waals surface area contributed by atoms with Crippen molar-refractivity contribution in [3.05, 3.63) is 47.0 Å². The molecule has 0 saturated heterocycles. The van der Waals surface area contributed by atoms with Crippen LogP contribution in [0.3, 0.4) is 0 Å². The molecule has 0 spiro atoms. The van der Waals surface area contributed by atoms with E-state index in [0.717, 1.165) is 5.82 Å². The third kappa shape index (κ3) is 1.92. The summed E-state index contributed by atoms with van der Waals surface area (Å²) in [6.07, 6.45) is 3.20. The Morgan fingerprint density at radius 2 is 2.16 bits per heavy atom. The van der Waals surface area contributed by atoms with Gasteiger partial charge in [0.2, 0.25) is 0 Å². The van der Waals surface area contributed by atoms with Gasteiger partial charge in [0.25, 0.3) is 0 Å². The molecule has 0 bridgehead atoms. The zero-order valence-electron chi connectivity index (χ0n) is 10.8. The van der Waals surface area contributed by atoms with Gasteiger partial charge in [0.05, 0.1) is 0 Å². The van der Waals surface area contributed by atoms with Crippen molar-refractivity contribution in [2.75, 3.05) is 0 Å². The molecule has 3 rings (SSSR count). The second kappa shape index (κ2) is 4.34. The van der Waals surface area contributed by atoms with Crippen molar-refractivity contribution in [1.82, 2.24) is 28.9 Å². The number of pyridine rings is 1. The van der Waals surface area contributed by atoms with Crippen molar-refractivity contribution in [2.24, 2.45) is 0 Å². The second-order valence-electron chi connectivity index (χ2n) is 4.58. The highest BCUT2D eigenvalue weighted by molar-refractivity contribution is 5.35. The van der Waals surface area contributed by atoms with Crippen LogP contribution in [0.4, 0.5) is 0 Å². The Hall–Kier alpha value is -2.44. The zero-order valence-corrected chi connectivity index (χ0v) is 10.8. The fourth-order valence-corrected chi connectivity index (χ4v) is 2.02. The molecule has 0 aliphatic heterocycles. The van der Waals surface area contributed by atoms with Crippen LogP contribution in [0.5, 0.6) is 0 Å². The van der Waals surface area contributed by atoms with Crippen molar-refractivity contribution in [2.45, 2.75) is 26.4 Å². The summed E-state index contributed by atoms with van der Waals surface area (Å²) >= 11 is 0. The first kappa shape index (κ1) is 11.6. The number of fused-ring (bicyclic) bond motifs is 1. The Morgan fingerprint density at radius 1 is 1.32 bits per heavy atom. The fraction of sp³-hybridized carbons (Fsp3) is 0.333. The summed E-state index contributed by atoms with van der Waals surface area (Å²) in [6.45, 7) is 4.36. The van der Waals surface area contributed by atoms with Crippen LogP contribution in [0.15, 0.2) is 35.5 Å². The molecule has 98 valence electrons. The lowest BCUT2D eigenvalue weighted by molar-refractivity contribution is 0.484. The topological polar surface area (TPSA) is 70.0 Å². The van der Waals surface area contributed by atoms with Crippen molar-refractivity contribution in [3.8, 4) is 0 Å². The molecule has 0 radical (unpaired) electrons. The minimum Gasteiger partial charge on any atom is -0.250 e. The Bertz CT molecular complexity index is 766. The molecule has 0 amide bonds. The van der Waals surface area contributed by atoms with Gasteiger partial charge in [-0.05, 0) is 26.0 Å². The monoisotopic (exact) mass is 258 g/mol. The molecular weight excluding hydrogens is 244 g/mol. The van der Waals surface area contributed by atoms with Gasteiger partial charge in [-0.15, -0.1) is 5.10 Å². The van der Waals surface area contributed by atoms with E-state index in [9.17, 15) is 4.79 Å². The van der Waals surface area contributed by atoms with Crippen LogP contribution < -0.4 is 5.69 Å². The van der Waals surface area contributed by atoms with Crippen molar-refractivity contribution in [3.63, 3.8) is 0 Å². The van der Waals surface area contributed by atoms with Gasteiger partial charge >= 0.3 is 5.69 Å². The molecule has 0 aromatic carbocycles. The third-order valence-corrected chi connectivity index (χ3v) is 2.92. The van der Waals surface area contributed by atoms with Gasteiger partial charge in [0.15, 0.2) is 5.65 Å². The predicted octanol–water partition coefficient (Wildman–Crippen LogP) is 0.717. The molecule has 0 aliphatic carbocycles. The first-order chi connectivity index (χ1) is 9.16. The van der Waals surface area contributed by atoms with Crippen LogP contribution >= 0.6 is 0 Å². The number of rotatable bonds is 3. The molecule has 0 fully saturated rings. The molecule has 0 saturated carbocycles. The lowest BCUT2D eigenvalue weighted by atomic mass is 10.4. The molecule has 0 N–H and O–H groups in total. The minimum atomic E-state index is -0.172. The second-order valence-corrected chi connectivity index (χ2v) is 4.58. The van der Waals surface area contributed by atoms with Gasteiger partial charge in [-0.25, -0.2) is 19.1 Å². The molecule has 7 nitrogen and oxygen atoms in total. The Labute approximate surface area is 109 Å². The van der Waals surface area contributed by atoms with Gasteiger partial charge in [-0.2, -0.15) is 5.10 Å². The van der Waals surface area contributed by atoms with Crippen LogP contribution in [0, 0.1) is 0 Å². The molecule has 0 atom stereocenters. The lowest BCUT2D eigenvalue weighted by Gasteiger charge is -2.08. The third-order valence-electron chi connectivity index (χ3n) is 2.92. The van der Waals surface area contributed by atoms with Crippen LogP contribution in [-0.4, -0.2) is 28.9 Å². The minimum absolute atomic E-state index is 0.172. The number of nitrogens with zero attached hydrogens (tertiary/aromatic N) is 6. The maximum Gasteiger partial charge on any atom is 0.350 e. The molecule has 0 aliphatic rings. The summed E-state index contributed by atoms with van der Waals surface area (Å²) in [6, 6.07) is 5.65. The Balaban J connectivity index is 2.04. The maximum atomic E-state index is 12.1. The highest BCUT2D eigenvalue weighted by atomic mass is 16.2. The number of hydrogen-bond acceptors (Lipinski definition) is 4. The van der Waals surface area contributed by atoms with Gasteiger partial charge in [-0.1, -0.05) is 6.07 Å². The molecule has 3 heterocycles.